The molecule has 0 radical (unpaired) electrons. The third-order valence-corrected chi connectivity index (χ3v) is 6.31. The normalized spacial score (nSPS) is 22.7. The fourth-order valence-corrected chi connectivity index (χ4v) is 4.54. The molecule has 0 spiro atoms. The molecule has 0 bridgehead atoms. The lowest BCUT2D eigenvalue weighted by atomic mass is 9.93. The Bertz CT molecular complexity index is 880. The first-order valence-corrected chi connectivity index (χ1v) is 11.3. The zero-order valence-corrected chi connectivity index (χ0v) is 17.8. The molecule has 3 heterocycles. The van der Waals surface area contributed by atoms with E-state index in [0.717, 1.165) is 80.5 Å². The third-order valence-electron chi connectivity index (χ3n) is 5.27. The van der Waals surface area contributed by atoms with Gasteiger partial charge in [-0.05, 0) is 37.7 Å². The Balaban J connectivity index is 1.44. The summed E-state index contributed by atoms with van der Waals surface area (Å²) in [6.07, 6.45) is 5.04. The lowest BCUT2D eigenvalue weighted by Crippen LogP contribution is -2.35. The van der Waals surface area contributed by atoms with Gasteiger partial charge in [-0.2, -0.15) is 0 Å². The average Bonchev–Trinajstić information content (AvgIpc) is 3.17. The van der Waals surface area contributed by atoms with E-state index in [9.17, 15) is 5.11 Å². The number of morpholine rings is 1. The molecule has 29 heavy (non-hydrogen) atoms. The molecule has 0 atom stereocenters. The molecule has 1 saturated heterocycles. The summed E-state index contributed by atoms with van der Waals surface area (Å²) in [5.74, 6) is 6.37. The van der Waals surface area contributed by atoms with Crippen LogP contribution in [0.5, 0.6) is 0 Å². The van der Waals surface area contributed by atoms with Gasteiger partial charge in [0, 0.05) is 30.7 Å². The predicted molar refractivity (Wildman–Crippen MR) is 115 cm³/mol. The number of rotatable bonds is 4. The third kappa shape index (κ3) is 5.91. The van der Waals surface area contributed by atoms with Crippen LogP contribution in [-0.4, -0.2) is 58.4 Å². The zero-order valence-electron chi connectivity index (χ0n) is 16.2. The Morgan fingerprint density at radius 2 is 2.03 bits per heavy atom. The summed E-state index contributed by atoms with van der Waals surface area (Å²) in [4.78, 5) is 11.2. The minimum atomic E-state index is -0.176. The van der Waals surface area contributed by atoms with Crippen molar-refractivity contribution in [2.24, 2.45) is 0 Å². The molecule has 0 amide bonds. The van der Waals surface area contributed by atoms with E-state index in [1.807, 2.05) is 11.4 Å². The van der Waals surface area contributed by atoms with E-state index in [0.29, 0.717) is 11.2 Å². The summed E-state index contributed by atoms with van der Waals surface area (Å²) in [7, 11) is 0. The van der Waals surface area contributed by atoms with Crippen molar-refractivity contribution >= 4 is 28.6 Å². The summed E-state index contributed by atoms with van der Waals surface area (Å²) in [6, 6.07) is 2.14. The summed E-state index contributed by atoms with van der Waals surface area (Å²) in [5.41, 5.74) is 2.48. The van der Waals surface area contributed by atoms with Crippen LogP contribution in [0.4, 0.5) is 5.69 Å². The first kappa shape index (κ1) is 20.6. The van der Waals surface area contributed by atoms with Gasteiger partial charge in [0.05, 0.1) is 37.1 Å². The van der Waals surface area contributed by atoms with Gasteiger partial charge in [0.2, 0.25) is 0 Å². The van der Waals surface area contributed by atoms with Crippen LogP contribution in [0.1, 0.15) is 41.9 Å². The van der Waals surface area contributed by atoms with Crippen LogP contribution in [0.2, 0.25) is 5.15 Å². The maximum atomic E-state index is 9.71. The van der Waals surface area contributed by atoms with Gasteiger partial charge in [-0.3, -0.25) is 4.90 Å². The predicted octanol–water partition coefficient (Wildman–Crippen LogP) is 3.14. The molecule has 2 aromatic rings. The van der Waals surface area contributed by atoms with Gasteiger partial charge >= 0.3 is 0 Å². The molecular weight excluding hydrogens is 408 g/mol. The van der Waals surface area contributed by atoms with Crippen molar-refractivity contribution < 1.29 is 9.84 Å². The number of hydrogen-bond acceptors (Lipinski definition) is 7. The number of nitrogens with one attached hydrogen (secondary N) is 1. The fraction of sp³-hybridized carbons (Fsp3) is 0.524. The first-order valence-electron chi connectivity index (χ1n) is 10.0. The number of anilines is 1. The van der Waals surface area contributed by atoms with Crippen molar-refractivity contribution in [2.75, 3.05) is 31.6 Å². The second kappa shape index (κ2) is 9.88. The number of nitrogens with zero attached hydrogens (tertiary/aromatic N) is 3. The van der Waals surface area contributed by atoms with Crippen molar-refractivity contribution in [2.45, 2.75) is 44.4 Å². The topological polar surface area (TPSA) is 70.5 Å². The van der Waals surface area contributed by atoms with Crippen LogP contribution in [0, 0.1) is 11.8 Å². The smallest absolute Gasteiger partial charge is 0.131 e. The van der Waals surface area contributed by atoms with Crippen LogP contribution in [0.25, 0.3) is 0 Å². The fourth-order valence-electron chi connectivity index (χ4n) is 3.61. The van der Waals surface area contributed by atoms with E-state index in [1.165, 1.54) is 0 Å². The Morgan fingerprint density at radius 1 is 1.24 bits per heavy atom. The largest absolute Gasteiger partial charge is 0.393 e. The van der Waals surface area contributed by atoms with Crippen molar-refractivity contribution in [1.29, 1.82) is 0 Å². The lowest BCUT2D eigenvalue weighted by molar-refractivity contribution is 0.0341. The van der Waals surface area contributed by atoms with Crippen molar-refractivity contribution in [1.82, 2.24) is 14.9 Å². The molecule has 8 heteroatoms. The highest BCUT2D eigenvalue weighted by molar-refractivity contribution is 7.09. The Morgan fingerprint density at radius 3 is 2.83 bits per heavy atom. The molecule has 2 N–H and O–H groups in total. The first-order chi connectivity index (χ1) is 14.2. The van der Waals surface area contributed by atoms with Gasteiger partial charge in [0.1, 0.15) is 15.9 Å². The van der Waals surface area contributed by atoms with Crippen molar-refractivity contribution in [3.8, 4) is 11.8 Å². The van der Waals surface area contributed by atoms with Crippen LogP contribution in [0.3, 0.4) is 0 Å². The highest BCUT2D eigenvalue weighted by atomic mass is 35.5. The lowest BCUT2D eigenvalue weighted by Gasteiger charge is -2.27. The maximum absolute atomic E-state index is 9.71. The molecule has 1 aliphatic carbocycles. The minimum Gasteiger partial charge on any atom is -0.393 e. The van der Waals surface area contributed by atoms with Crippen molar-refractivity contribution in [3.05, 3.63) is 39.1 Å². The van der Waals surface area contributed by atoms with Gasteiger partial charge in [0.15, 0.2) is 0 Å². The number of ether oxygens (including phenoxy) is 1. The summed E-state index contributed by atoms with van der Waals surface area (Å²) < 4.78 is 5.39. The zero-order chi connectivity index (χ0) is 20.1. The molecule has 1 saturated carbocycles. The molecule has 2 aliphatic rings. The SMILES string of the molecule is OC1CCC(Nc2cc(Cl)ncc2C#Cc2csc(CN3CCOCC3)n2)CC1. The average molecular weight is 433 g/mol. The number of pyridine rings is 1. The Labute approximate surface area is 180 Å². The molecule has 1 aliphatic heterocycles. The number of aliphatic hydroxyl groups is 1. The maximum Gasteiger partial charge on any atom is 0.131 e. The summed E-state index contributed by atoms with van der Waals surface area (Å²) in [5, 5.41) is 16.8. The molecule has 4 rings (SSSR count). The Hall–Kier alpha value is -1.69. The summed E-state index contributed by atoms with van der Waals surface area (Å²) >= 11 is 7.75. The number of hydrogen-bond donors (Lipinski definition) is 2. The minimum absolute atomic E-state index is 0.176. The van der Waals surface area contributed by atoms with E-state index in [-0.39, 0.29) is 6.10 Å². The molecule has 154 valence electrons. The highest BCUT2D eigenvalue weighted by Crippen LogP contribution is 2.25. The van der Waals surface area contributed by atoms with Gasteiger partial charge in [0.25, 0.3) is 0 Å². The van der Waals surface area contributed by atoms with E-state index in [2.05, 4.69) is 32.0 Å². The number of thiazole rings is 1. The van der Waals surface area contributed by atoms with Crippen LogP contribution in [0.15, 0.2) is 17.6 Å². The van der Waals surface area contributed by atoms with Gasteiger partial charge in [-0.25, -0.2) is 9.97 Å². The second-order valence-electron chi connectivity index (χ2n) is 7.47. The van der Waals surface area contributed by atoms with Crippen LogP contribution < -0.4 is 5.32 Å². The second-order valence-corrected chi connectivity index (χ2v) is 8.80. The number of aliphatic hydroxyl groups excluding tert-OH is 1. The van der Waals surface area contributed by atoms with E-state index < -0.39 is 0 Å². The van der Waals surface area contributed by atoms with Crippen molar-refractivity contribution in [3.63, 3.8) is 0 Å². The quantitative estimate of drug-likeness (QED) is 0.571. The van der Waals surface area contributed by atoms with E-state index >= 15 is 0 Å². The number of aromatic nitrogens is 2. The standard InChI is InChI=1S/C21H25ClN4O2S/c22-20-11-19(24-16-3-5-18(27)6-4-16)15(12-23-20)1-2-17-14-29-21(25-17)13-26-7-9-28-10-8-26/h11-12,14,16,18,27H,3-10,13H2,(H,23,24). The van der Waals surface area contributed by atoms with Crippen LogP contribution >= 0.6 is 22.9 Å². The Kier molecular flexibility index (Phi) is 7.01. The van der Waals surface area contributed by atoms with Gasteiger partial charge < -0.3 is 15.2 Å². The van der Waals surface area contributed by atoms with Gasteiger partial charge in [-0.1, -0.05) is 17.5 Å². The van der Waals surface area contributed by atoms with Gasteiger partial charge in [-0.15, -0.1) is 11.3 Å². The summed E-state index contributed by atoms with van der Waals surface area (Å²) in [6.45, 7) is 4.32. The van der Waals surface area contributed by atoms with E-state index in [4.69, 9.17) is 16.3 Å². The van der Waals surface area contributed by atoms with Crippen LogP contribution in [-0.2, 0) is 11.3 Å². The molecule has 0 unspecified atom stereocenters. The molecule has 6 nitrogen and oxygen atoms in total. The molecule has 2 aromatic heterocycles. The molecule has 0 aromatic carbocycles. The molecule has 2 fully saturated rings. The monoisotopic (exact) mass is 432 g/mol. The highest BCUT2D eigenvalue weighted by Gasteiger charge is 2.20. The molecular formula is C21H25ClN4O2S. The number of halogens is 1. The van der Waals surface area contributed by atoms with E-state index in [1.54, 1.807) is 17.5 Å².